The number of carbonyl (C=O) groups is 1. The van der Waals surface area contributed by atoms with Gasteiger partial charge in [-0.15, -0.1) is 0 Å². The third-order valence-electron chi connectivity index (χ3n) is 3.31. The van der Waals surface area contributed by atoms with Crippen molar-refractivity contribution in [3.63, 3.8) is 0 Å². The average Bonchev–Trinajstić information content (AvgIpc) is 2.83. The van der Waals surface area contributed by atoms with E-state index in [0.29, 0.717) is 18.4 Å². The van der Waals surface area contributed by atoms with Gasteiger partial charge in [0.15, 0.2) is 15.6 Å². The van der Waals surface area contributed by atoms with Gasteiger partial charge in [-0.2, -0.15) is 0 Å². The van der Waals surface area contributed by atoms with E-state index in [1.807, 2.05) is 0 Å². The number of sulfone groups is 1. The molecule has 1 aromatic rings. The molecule has 0 atom stereocenters. The molecule has 0 aliphatic heterocycles. The highest BCUT2D eigenvalue weighted by Crippen LogP contribution is 2.25. The Hall–Kier alpha value is -0.680. The lowest BCUT2D eigenvalue weighted by Gasteiger charge is -2.10. The molecule has 98 valence electrons. The Morgan fingerprint density at radius 2 is 1.72 bits per heavy atom. The summed E-state index contributed by atoms with van der Waals surface area (Å²) in [4.78, 5) is 11.9. The van der Waals surface area contributed by atoms with Gasteiger partial charge >= 0.3 is 0 Å². The monoisotopic (exact) mass is 330 g/mol. The second kappa shape index (κ2) is 5.53. The van der Waals surface area contributed by atoms with Gasteiger partial charge in [-0.3, -0.25) is 4.79 Å². The Kier molecular flexibility index (Phi) is 4.22. The number of hydrogen-bond donors (Lipinski definition) is 0. The molecule has 0 heterocycles. The van der Waals surface area contributed by atoms with Gasteiger partial charge in [0, 0.05) is 10.0 Å². The molecule has 1 saturated carbocycles. The first kappa shape index (κ1) is 13.7. The van der Waals surface area contributed by atoms with Crippen LogP contribution in [-0.2, 0) is 9.84 Å². The molecule has 18 heavy (non-hydrogen) atoms. The van der Waals surface area contributed by atoms with E-state index in [1.54, 1.807) is 24.3 Å². The van der Waals surface area contributed by atoms with Gasteiger partial charge in [0.1, 0.15) is 5.75 Å². The molecule has 1 aliphatic carbocycles. The second-order valence-electron chi connectivity index (χ2n) is 4.64. The molecule has 0 aromatic heterocycles. The fraction of sp³-hybridized carbons (Fsp3) is 0.462. The topological polar surface area (TPSA) is 51.2 Å². The molecule has 0 unspecified atom stereocenters. The largest absolute Gasteiger partial charge is 0.293 e. The maximum absolute atomic E-state index is 12.1. The summed E-state index contributed by atoms with van der Waals surface area (Å²) in [5.41, 5.74) is 0.458. The molecule has 3 nitrogen and oxygen atoms in total. The molecule has 0 bridgehead atoms. The van der Waals surface area contributed by atoms with Gasteiger partial charge < -0.3 is 0 Å². The van der Waals surface area contributed by atoms with Crippen LogP contribution in [0.4, 0.5) is 0 Å². The van der Waals surface area contributed by atoms with Crippen molar-refractivity contribution in [3.8, 4) is 0 Å². The minimum Gasteiger partial charge on any atom is -0.293 e. The highest BCUT2D eigenvalue weighted by Gasteiger charge is 2.30. The molecule has 0 amide bonds. The van der Waals surface area contributed by atoms with Crippen molar-refractivity contribution in [1.82, 2.24) is 0 Å². The lowest BCUT2D eigenvalue weighted by Crippen LogP contribution is -2.25. The van der Waals surface area contributed by atoms with E-state index in [1.165, 1.54) is 0 Å². The molecule has 1 aromatic carbocycles. The second-order valence-corrected chi connectivity index (χ2v) is 7.84. The summed E-state index contributed by atoms with van der Waals surface area (Å²) in [6.45, 7) is 0. The van der Waals surface area contributed by atoms with Crippen LogP contribution in [0.5, 0.6) is 0 Å². The summed E-state index contributed by atoms with van der Waals surface area (Å²) in [5.74, 6) is -0.673. The normalized spacial score (nSPS) is 16.9. The van der Waals surface area contributed by atoms with E-state index in [-0.39, 0.29) is 16.8 Å². The van der Waals surface area contributed by atoms with Crippen LogP contribution in [0.15, 0.2) is 28.7 Å². The van der Waals surface area contributed by atoms with Crippen LogP contribution < -0.4 is 0 Å². The standard InChI is InChI=1S/C13H15BrO3S/c14-11-7-5-10(6-8-11)13(15)9-18(16,17)12-3-1-2-4-12/h5-8,12H,1-4,9H2. The third kappa shape index (κ3) is 3.20. The Morgan fingerprint density at radius 3 is 2.28 bits per heavy atom. The summed E-state index contributed by atoms with van der Waals surface area (Å²) in [7, 11) is -3.28. The Bertz CT molecular complexity index is 528. The lowest BCUT2D eigenvalue weighted by atomic mass is 10.2. The van der Waals surface area contributed by atoms with Crippen molar-refractivity contribution in [2.75, 3.05) is 5.75 Å². The van der Waals surface area contributed by atoms with Crippen LogP contribution in [0, 0.1) is 0 Å². The van der Waals surface area contributed by atoms with Crippen molar-refractivity contribution >= 4 is 31.6 Å². The van der Waals surface area contributed by atoms with Gasteiger partial charge in [-0.25, -0.2) is 8.42 Å². The van der Waals surface area contributed by atoms with Gasteiger partial charge in [0.25, 0.3) is 0 Å². The van der Waals surface area contributed by atoms with Crippen molar-refractivity contribution < 1.29 is 13.2 Å². The Balaban J connectivity index is 2.09. The highest BCUT2D eigenvalue weighted by molar-refractivity contribution is 9.10. The maximum atomic E-state index is 12.1. The minimum absolute atomic E-state index is 0.308. The number of halogens is 1. The molecule has 2 rings (SSSR count). The zero-order valence-electron chi connectivity index (χ0n) is 9.93. The first-order valence-corrected chi connectivity index (χ1v) is 8.50. The maximum Gasteiger partial charge on any atom is 0.177 e. The molecule has 0 spiro atoms. The first-order chi connectivity index (χ1) is 8.49. The van der Waals surface area contributed by atoms with E-state index >= 15 is 0 Å². The van der Waals surface area contributed by atoms with E-state index in [0.717, 1.165) is 17.3 Å². The van der Waals surface area contributed by atoms with Crippen LogP contribution in [0.2, 0.25) is 0 Å². The van der Waals surface area contributed by atoms with Crippen molar-refractivity contribution in [3.05, 3.63) is 34.3 Å². The van der Waals surface area contributed by atoms with Gasteiger partial charge in [-0.1, -0.05) is 40.9 Å². The predicted molar refractivity (Wildman–Crippen MR) is 74.5 cm³/mol. The zero-order chi connectivity index (χ0) is 13.2. The number of carbonyl (C=O) groups excluding carboxylic acids is 1. The SMILES string of the molecule is O=C(CS(=O)(=O)C1CCCC1)c1ccc(Br)cc1. The molecule has 1 aliphatic rings. The van der Waals surface area contributed by atoms with Crippen molar-refractivity contribution in [2.45, 2.75) is 30.9 Å². The molecule has 0 N–H and O–H groups in total. The summed E-state index contributed by atoms with van der Waals surface area (Å²) >= 11 is 3.28. The van der Waals surface area contributed by atoms with Crippen LogP contribution in [0.25, 0.3) is 0 Å². The zero-order valence-corrected chi connectivity index (χ0v) is 12.3. The van der Waals surface area contributed by atoms with Crippen LogP contribution in [0.3, 0.4) is 0 Å². The Morgan fingerprint density at radius 1 is 1.17 bits per heavy atom. The molecular formula is C13H15BrO3S. The van der Waals surface area contributed by atoms with Gasteiger partial charge in [0.2, 0.25) is 0 Å². The molecule has 0 saturated heterocycles. The Labute approximate surface area is 116 Å². The first-order valence-electron chi connectivity index (χ1n) is 5.99. The van der Waals surface area contributed by atoms with E-state index in [2.05, 4.69) is 15.9 Å². The number of rotatable bonds is 4. The summed E-state index contributed by atoms with van der Waals surface area (Å²) in [6, 6.07) is 6.79. The fourth-order valence-electron chi connectivity index (χ4n) is 2.27. The lowest BCUT2D eigenvalue weighted by molar-refractivity contribution is 0.102. The minimum atomic E-state index is -3.28. The van der Waals surface area contributed by atoms with E-state index < -0.39 is 9.84 Å². The van der Waals surface area contributed by atoms with Crippen LogP contribution >= 0.6 is 15.9 Å². The van der Waals surface area contributed by atoms with E-state index in [4.69, 9.17) is 0 Å². The smallest absolute Gasteiger partial charge is 0.177 e. The van der Waals surface area contributed by atoms with Crippen molar-refractivity contribution in [1.29, 1.82) is 0 Å². The average molecular weight is 331 g/mol. The summed E-state index contributed by atoms with van der Waals surface area (Å²) in [6.07, 6.45) is 3.32. The number of benzene rings is 1. The summed E-state index contributed by atoms with van der Waals surface area (Å²) in [5, 5.41) is -0.308. The molecule has 5 heteroatoms. The fourth-order valence-corrected chi connectivity index (χ4v) is 4.35. The summed E-state index contributed by atoms with van der Waals surface area (Å²) < 4.78 is 25.0. The third-order valence-corrected chi connectivity index (χ3v) is 5.99. The molecular weight excluding hydrogens is 316 g/mol. The molecule has 0 radical (unpaired) electrons. The van der Waals surface area contributed by atoms with Crippen molar-refractivity contribution in [2.24, 2.45) is 0 Å². The van der Waals surface area contributed by atoms with Crippen LogP contribution in [-0.4, -0.2) is 25.2 Å². The quantitative estimate of drug-likeness (QED) is 0.797. The van der Waals surface area contributed by atoms with E-state index in [9.17, 15) is 13.2 Å². The highest BCUT2D eigenvalue weighted by atomic mass is 79.9. The van der Waals surface area contributed by atoms with Crippen LogP contribution in [0.1, 0.15) is 36.0 Å². The van der Waals surface area contributed by atoms with Gasteiger partial charge in [0.05, 0.1) is 5.25 Å². The molecule has 1 fully saturated rings. The predicted octanol–water partition coefficient (Wildman–Crippen LogP) is 2.99. The number of hydrogen-bond acceptors (Lipinski definition) is 3. The van der Waals surface area contributed by atoms with Gasteiger partial charge in [-0.05, 0) is 25.0 Å². The number of Topliss-reactive ketones (excluding diaryl/α,β-unsaturated/α-hetero) is 1. The number of ketones is 1.